The molecule has 3 heterocycles. The zero-order valence-corrected chi connectivity index (χ0v) is 22.7. The Morgan fingerprint density at radius 1 is 0.375 bits per heavy atom. The second-order valence-corrected chi connectivity index (χ2v) is 11.4. The van der Waals surface area contributed by atoms with E-state index in [0.717, 1.165) is 50.1 Å². The van der Waals surface area contributed by atoms with Crippen molar-refractivity contribution in [2.75, 3.05) is 26.4 Å². The molecule has 4 rings (SSSR count). The molecule has 0 aromatic rings. The lowest BCUT2D eigenvalue weighted by atomic mass is 9.84. The van der Waals surface area contributed by atoms with Gasteiger partial charge in [0.15, 0.2) is 6.29 Å². The topological polar surface area (TPSA) is 36.9 Å². The smallest absolute Gasteiger partial charge is 0.154 e. The van der Waals surface area contributed by atoms with E-state index < -0.39 is 0 Å². The first-order chi connectivity index (χ1) is 15.2. The molecule has 32 heavy (non-hydrogen) atoms. The van der Waals surface area contributed by atoms with Crippen LogP contribution in [0.2, 0.25) is 0 Å². The molecule has 4 heteroatoms. The highest BCUT2D eigenvalue weighted by Gasteiger charge is 2.15. The first-order valence-corrected chi connectivity index (χ1v) is 13.6. The molecule has 0 bridgehead atoms. The third-order valence-corrected chi connectivity index (χ3v) is 7.00. The van der Waals surface area contributed by atoms with Crippen molar-refractivity contribution in [3.8, 4) is 0 Å². The highest BCUT2D eigenvalue weighted by molar-refractivity contribution is 4.66. The number of ether oxygens (including phenoxy) is 4. The van der Waals surface area contributed by atoms with Gasteiger partial charge in [0.2, 0.25) is 0 Å². The standard InChI is InChI=1S/C8H16.2C7H14O.C6H12O2.H2/c1-7-3-5-8(2)6-4-7;2*1-6-3-4-7(2)8-5-6;1-5-3-7-6(2)8-4-5;/h7-8H,3-6H2,1-2H3;2*6-7H,3-5H2,1-2H3;5-6H,3-4H2,1-2H3;1H. The van der Waals surface area contributed by atoms with Crippen LogP contribution in [-0.2, 0) is 18.9 Å². The average Bonchev–Trinajstić information content (AvgIpc) is 2.78. The lowest BCUT2D eigenvalue weighted by Crippen LogP contribution is -2.27. The molecule has 0 amide bonds. The Bertz CT molecular complexity index is 298. The Hall–Kier alpha value is -0.160. The zero-order valence-electron chi connectivity index (χ0n) is 22.7. The number of hydrogen-bond acceptors (Lipinski definition) is 4. The molecule has 1 aliphatic carbocycles. The van der Waals surface area contributed by atoms with Gasteiger partial charge in [-0.15, -0.1) is 0 Å². The molecule has 194 valence electrons. The number of hydrogen-bond donors (Lipinski definition) is 0. The zero-order chi connectivity index (χ0) is 23.9. The van der Waals surface area contributed by atoms with Crippen molar-refractivity contribution in [2.45, 2.75) is 125 Å². The largest absolute Gasteiger partial charge is 0.378 e. The van der Waals surface area contributed by atoms with Crippen LogP contribution < -0.4 is 0 Å². The normalized spacial score (nSPS) is 39.8. The fourth-order valence-electron chi connectivity index (χ4n) is 4.15. The first kappa shape index (κ1) is 29.9. The molecule has 4 nitrogen and oxygen atoms in total. The molecule has 3 aliphatic heterocycles. The van der Waals surface area contributed by atoms with Gasteiger partial charge in [0, 0.05) is 20.6 Å². The molecule has 4 fully saturated rings. The lowest BCUT2D eigenvalue weighted by Gasteiger charge is -2.24. The molecule has 0 aromatic heterocycles. The summed E-state index contributed by atoms with van der Waals surface area (Å²) < 4.78 is 21.1. The molecule has 0 N–H and O–H groups in total. The van der Waals surface area contributed by atoms with E-state index in [-0.39, 0.29) is 7.72 Å². The highest BCUT2D eigenvalue weighted by atomic mass is 16.7. The number of rotatable bonds is 0. The summed E-state index contributed by atoms with van der Waals surface area (Å²) in [4.78, 5) is 0. The van der Waals surface area contributed by atoms with E-state index in [1.165, 1.54) is 51.4 Å². The fourth-order valence-corrected chi connectivity index (χ4v) is 4.15. The predicted molar refractivity (Wildman–Crippen MR) is 137 cm³/mol. The van der Waals surface area contributed by atoms with Gasteiger partial charge in [0.25, 0.3) is 0 Å². The van der Waals surface area contributed by atoms with Gasteiger partial charge in [-0.25, -0.2) is 0 Å². The van der Waals surface area contributed by atoms with Crippen LogP contribution in [0.1, 0.15) is 108 Å². The Morgan fingerprint density at radius 2 is 0.688 bits per heavy atom. The van der Waals surface area contributed by atoms with E-state index >= 15 is 0 Å². The molecule has 1 saturated carbocycles. The van der Waals surface area contributed by atoms with Crippen LogP contribution in [0, 0.1) is 29.6 Å². The van der Waals surface area contributed by atoms with Crippen LogP contribution in [-0.4, -0.2) is 44.9 Å². The summed E-state index contributed by atoms with van der Waals surface area (Å²) in [5.41, 5.74) is 0. The van der Waals surface area contributed by atoms with Crippen molar-refractivity contribution in [2.24, 2.45) is 29.6 Å². The fraction of sp³-hybridized carbons (Fsp3) is 1.00. The molecule has 3 saturated heterocycles. The van der Waals surface area contributed by atoms with Crippen LogP contribution in [0.15, 0.2) is 0 Å². The van der Waals surface area contributed by atoms with Crippen molar-refractivity contribution in [3.63, 3.8) is 0 Å². The SMILES string of the molecule is CC1CCC(C)CC1.CC1CCC(C)OC1.CC1CCC(C)OC1.CC1COC(C)OC1.[HH]. The average molecular weight is 459 g/mol. The maximum atomic E-state index is 5.39. The van der Waals surface area contributed by atoms with E-state index in [1.54, 1.807) is 0 Å². The Kier molecular flexibility index (Phi) is 16.2. The van der Waals surface area contributed by atoms with Gasteiger partial charge in [-0.1, -0.05) is 60.3 Å². The maximum absolute atomic E-state index is 5.39. The minimum Gasteiger partial charge on any atom is -0.378 e. The van der Waals surface area contributed by atoms with E-state index in [0.29, 0.717) is 18.1 Å². The van der Waals surface area contributed by atoms with Crippen molar-refractivity contribution in [3.05, 3.63) is 0 Å². The van der Waals surface area contributed by atoms with Crippen molar-refractivity contribution in [1.29, 1.82) is 0 Å². The van der Waals surface area contributed by atoms with E-state index in [4.69, 9.17) is 18.9 Å². The second kappa shape index (κ2) is 17.3. The predicted octanol–water partition coefficient (Wildman–Crippen LogP) is 7.74. The molecule has 4 unspecified atom stereocenters. The second-order valence-electron chi connectivity index (χ2n) is 11.4. The van der Waals surface area contributed by atoms with E-state index in [1.807, 2.05) is 6.92 Å². The van der Waals surface area contributed by atoms with Crippen LogP contribution in [0.4, 0.5) is 0 Å². The minimum atomic E-state index is 0. The Labute approximate surface area is 202 Å². The third kappa shape index (κ3) is 15.6. The van der Waals surface area contributed by atoms with Crippen LogP contribution >= 0.6 is 0 Å². The van der Waals surface area contributed by atoms with Crippen molar-refractivity contribution < 1.29 is 20.4 Å². The maximum Gasteiger partial charge on any atom is 0.154 e. The summed E-state index contributed by atoms with van der Waals surface area (Å²) in [5, 5.41) is 0. The quantitative estimate of drug-likeness (QED) is 0.372. The molecule has 0 radical (unpaired) electrons. The molecule has 4 aliphatic rings. The first-order valence-electron chi connectivity index (χ1n) is 13.6. The van der Waals surface area contributed by atoms with Crippen LogP contribution in [0.25, 0.3) is 0 Å². The summed E-state index contributed by atoms with van der Waals surface area (Å²) in [7, 11) is 0. The van der Waals surface area contributed by atoms with Crippen LogP contribution in [0.5, 0.6) is 0 Å². The summed E-state index contributed by atoms with van der Waals surface area (Å²) in [6, 6.07) is 0. The lowest BCUT2D eigenvalue weighted by molar-refractivity contribution is -0.187. The van der Waals surface area contributed by atoms with Gasteiger partial charge in [-0.3, -0.25) is 0 Å². The van der Waals surface area contributed by atoms with Crippen molar-refractivity contribution >= 4 is 0 Å². The van der Waals surface area contributed by atoms with E-state index in [2.05, 4.69) is 48.5 Å². The van der Waals surface area contributed by atoms with Gasteiger partial charge >= 0.3 is 0 Å². The molecule has 4 atom stereocenters. The molecular weight excluding hydrogens is 400 g/mol. The molecule has 0 spiro atoms. The molecular formula is C28H58O4. The highest BCUT2D eigenvalue weighted by Crippen LogP contribution is 2.27. The minimum absolute atomic E-state index is 0. The summed E-state index contributed by atoms with van der Waals surface area (Å²) in [5.74, 6) is 4.21. The van der Waals surface area contributed by atoms with Gasteiger partial charge in [-0.05, 0) is 70.1 Å². The Balaban J connectivity index is 0.000000410. The van der Waals surface area contributed by atoms with Gasteiger partial charge in [-0.2, -0.15) is 0 Å². The van der Waals surface area contributed by atoms with E-state index in [9.17, 15) is 0 Å². The van der Waals surface area contributed by atoms with Gasteiger partial charge in [0.1, 0.15) is 0 Å². The summed E-state index contributed by atoms with van der Waals surface area (Å²) in [6.45, 7) is 21.2. The van der Waals surface area contributed by atoms with Gasteiger partial charge < -0.3 is 18.9 Å². The molecule has 0 aromatic carbocycles. The monoisotopic (exact) mass is 458 g/mol. The van der Waals surface area contributed by atoms with Gasteiger partial charge in [0.05, 0.1) is 25.4 Å². The summed E-state index contributed by atoms with van der Waals surface area (Å²) in [6.07, 6.45) is 12.2. The van der Waals surface area contributed by atoms with Crippen LogP contribution in [0.3, 0.4) is 0 Å². The summed E-state index contributed by atoms with van der Waals surface area (Å²) >= 11 is 0. The van der Waals surface area contributed by atoms with Crippen molar-refractivity contribution in [1.82, 2.24) is 0 Å². The third-order valence-electron chi connectivity index (χ3n) is 7.00. The Morgan fingerprint density at radius 3 is 0.938 bits per heavy atom.